The molecule has 1 unspecified atom stereocenters. The van der Waals surface area contributed by atoms with Crippen LogP contribution in [0.2, 0.25) is 0 Å². The smallest absolute Gasteiger partial charge is 0.393 e. The molecule has 4 nitrogen and oxygen atoms in total. The van der Waals surface area contributed by atoms with Crippen LogP contribution in [0.5, 0.6) is 0 Å². The average Bonchev–Trinajstić information content (AvgIpc) is 2.12. The van der Waals surface area contributed by atoms with E-state index < -0.39 is 36.8 Å². The van der Waals surface area contributed by atoms with Gasteiger partial charge in [0.15, 0.2) is 0 Å². The monoisotopic (exact) mass is 251 g/mol. The van der Waals surface area contributed by atoms with Crippen molar-refractivity contribution in [3.63, 3.8) is 0 Å². The molecule has 0 aromatic carbocycles. The summed E-state index contributed by atoms with van der Waals surface area (Å²) in [7, 11) is 0. The number of hydrogen-bond acceptors (Lipinski definition) is 3. The lowest BCUT2D eigenvalue weighted by Gasteiger charge is -2.23. The second-order valence-electron chi connectivity index (χ2n) is 3.41. The van der Waals surface area contributed by atoms with Crippen LogP contribution >= 0.6 is 0 Å². The first kappa shape index (κ1) is 15.0. The number of rotatable bonds is 4. The molecule has 0 fully saturated rings. The third-order valence-electron chi connectivity index (χ3n) is 1.61. The van der Waals surface area contributed by atoms with Crippen LogP contribution in [0.15, 0.2) is 0 Å². The molecule has 0 aliphatic heterocycles. The Kier molecular flexibility index (Phi) is 4.23. The molecule has 0 radical (unpaired) electrons. The number of carbonyl (C=O) groups is 1. The molecule has 1 atom stereocenters. The summed E-state index contributed by atoms with van der Waals surface area (Å²) in [4.78, 5) is 10.5. The number of alkyl halides is 5. The topological polar surface area (TPSA) is 69.6 Å². The van der Waals surface area contributed by atoms with E-state index in [0.29, 0.717) is 0 Å². The van der Waals surface area contributed by atoms with Crippen LogP contribution in [0.3, 0.4) is 0 Å². The van der Waals surface area contributed by atoms with Crippen LogP contribution in [0.1, 0.15) is 6.92 Å². The Balaban J connectivity index is 4.50. The Bertz CT molecular complexity index is 263. The van der Waals surface area contributed by atoms with Crippen molar-refractivity contribution in [2.75, 3.05) is 13.2 Å². The molecule has 0 aliphatic rings. The molecule has 0 saturated heterocycles. The molecule has 0 aromatic heterocycles. The number of halogens is 5. The second-order valence-corrected chi connectivity index (χ2v) is 3.41. The minimum Gasteiger partial charge on any atom is -0.393 e. The first-order chi connectivity index (χ1) is 6.94. The summed E-state index contributed by atoms with van der Waals surface area (Å²) >= 11 is 0. The summed E-state index contributed by atoms with van der Waals surface area (Å²) in [6.45, 7) is -0.863. The van der Waals surface area contributed by atoms with E-state index in [1.54, 1.807) is 0 Å². The second kappa shape index (κ2) is 4.50. The summed E-state index contributed by atoms with van der Waals surface area (Å²) in [5.41, 5.74) is -1.96. The Morgan fingerprint density at radius 2 is 1.69 bits per heavy atom. The van der Waals surface area contributed by atoms with Gasteiger partial charge in [0.05, 0.1) is 6.61 Å². The van der Waals surface area contributed by atoms with Gasteiger partial charge in [0.25, 0.3) is 5.91 Å². The highest BCUT2D eigenvalue weighted by Gasteiger charge is 2.63. The summed E-state index contributed by atoms with van der Waals surface area (Å²) in [6.07, 6.45) is -6.00. The van der Waals surface area contributed by atoms with Crippen molar-refractivity contribution < 1.29 is 37.0 Å². The zero-order valence-electron chi connectivity index (χ0n) is 8.11. The van der Waals surface area contributed by atoms with Gasteiger partial charge in [0, 0.05) is 6.54 Å². The predicted molar refractivity (Wildman–Crippen MR) is 41.7 cm³/mol. The van der Waals surface area contributed by atoms with E-state index in [9.17, 15) is 26.7 Å². The lowest BCUT2D eigenvalue weighted by Crippen LogP contribution is -2.54. The maximum absolute atomic E-state index is 12.3. The zero-order valence-corrected chi connectivity index (χ0v) is 8.11. The van der Waals surface area contributed by atoms with Crippen molar-refractivity contribution in [2.45, 2.75) is 24.6 Å². The van der Waals surface area contributed by atoms with Gasteiger partial charge < -0.3 is 15.5 Å². The van der Waals surface area contributed by atoms with E-state index in [4.69, 9.17) is 10.2 Å². The van der Waals surface area contributed by atoms with Crippen molar-refractivity contribution in [3.8, 4) is 0 Å². The summed E-state index contributed by atoms with van der Waals surface area (Å²) in [5, 5.41) is 18.7. The van der Waals surface area contributed by atoms with Gasteiger partial charge in [-0.2, -0.15) is 22.0 Å². The van der Waals surface area contributed by atoms with Crippen LogP contribution in [0, 0.1) is 0 Å². The number of aliphatic hydroxyl groups is 2. The number of carbonyl (C=O) groups excluding carboxylic acids is 1. The van der Waals surface area contributed by atoms with E-state index in [2.05, 4.69) is 0 Å². The van der Waals surface area contributed by atoms with Crippen LogP contribution in [-0.4, -0.2) is 47.0 Å². The van der Waals surface area contributed by atoms with Crippen molar-refractivity contribution >= 4 is 5.91 Å². The minimum atomic E-state index is -6.00. The van der Waals surface area contributed by atoms with Gasteiger partial charge in [-0.3, -0.25) is 4.79 Å². The number of aliphatic hydroxyl groups excluding tert-OH is 1. The fourth-order valence-electron chi connectivity index (χ4n) is 0.566. The van der Waals surface area contributed by atoms with E-state index in [1.165, 1.54) is 5.32 Å². The maximum atomic E-state index is 12.3. The van der Waals surface area contributed by atoms with Crippen LogP contribution < -0.4 is 5.32 Å². The van der Waals surface area contributed by atoms with Crippen LogP contribution in [0.4, 0.5) is 22.0 Å². The molecule has 0 aliphatic carbocycles. The lowest BCUT2D eigenvalue weighted by atomic mass is 10.1. The summed E-state index contributed by atoms with van der Waals surface area (Å²) < 4.78 is 59.6. The molecule has 0 spiro atoms. The summed E-state index contributed by atoms with van der Waals surface area (Å²) in [6, 6.07) is 0. The first-order valence-corrected chi connectivity index (χ1v) is 4.00. The van der Waals surface area contributed by atoms with Crippen molar-refractivity contribution in [1.29, 1.82) is 0 Å². The third-order valence-corrected chi connectivity index (χ3v) is 1.61. The quantitative estimate of drug-likeness (QED) is 0.618. The third kappa shape index (κ3) is 3.56. The Morgan fingerprint density at radius 3 is 2.00 bits per heavy atom. The van der Waals surface area contributed by atoms with Crippen molar-refractivity contribution in [3.05, 3.63) is 0 Å². The van der Waals surface area contributed by atoms with E-state index in [0.717, 1.165) is 6.92 Å². The Labute approximate surface area is 87.1 Å². The van der Waals surface area contributed by atoms with E-state index >= 15 is 0 Å². The summed E-state index contributed by atoms with van der Waals surface area (Å²) in [5.74, 6) is -8.10. The van der Waals surface area contributed by atoms with Crippen molar-refractivity contribution in [2.24, 2.45) is 0 Å². The van der Waals surface area contributed by atoms with Gasteiger partial charge >= 0.3 is 12.1 Å². The van der Waals surface area contributed by atoms with E-state index in [1.807, 2.05) is 0 Å². The molecule has 0 heterocycles. The number of amides is 1. The standard InChI is InChI=1S/C7H10F5NO3/c1-5(16,3-14)2-13-4(15)6(8,9)7(10,11)12/h14,16H,2-3H2,1H3,(H,13,15). The molecule has 0 rings (SSSR count). The molecule has 3 N–H and O–H groups in total. The minimum absolute atomic E-state index is 0.898. The van der Waals surface area contributed by atoms with Gasteiger partial charge in [-0.25, -0.2) is 0 Å². The molecule has 0 saturated carbocycles. The van der Waals surface area contributed by atoms with Crippen LogP contribution in [0.25, 0.3) is 0 Å². The number of hydrogen-bond donors (Lipinski definition) is 3. The molecular formula is C7H10F5NO3. The highest BCUT2D eigenvalue weighted by atomic mass is 19.4. The molecule has 96 valence electrons. The fourth-order valence-corrected chi connectivity index (χ4v) is 0.566. The average molecular weight is 251 g/mol. The SMILES string of the molecule is CC(O)(CO)CNC(=O)C(F)(F)C(F)(F)F. The molecule has 0 aromatic rings. The van der Waals surface area contributed by atoms with Gasteiger partial charge in [-0.15, -0.1) is 0 Å². The molecule has 1 amide bonds. The molecular weight excluding hydrogens is 241 g/mol. The molecule has 0 bridgehead atoms. The van der Waals surface area contributed by atoms with Crippen molar-refractivity contribution in [1.82, 2.24) is 5.32 Å². The normalized spacial score (nSPS) is 16.8. The fraction of sp³-hybridized carbons (Fsp3) is 0.857. The number of nitrogens with one attached hydrogen (secondary N) is 1. The van der Waals surface area contributed by atoms with Gasteiger partial charge in [-0.05, 0) is 6.92 Å². The molecule has 9 heteroatoms. The first-order valence-electron chi connectivity index (χ1n) is 4.00. The zero-order chi connectivity index (χ0) is 13.2. The van der Waals surface area contributed by atoms with Crippen LogP contribution in [-0.2, 0) is 4.79 Å². The molecule has 16 heavy (non-hydrogen) atoms. The largest absolute Gasteiger partial charge is 0.463 e. The van der Waals surface area contributed by atoms with Gasteiger partial charge in [0.1, 0.15) is 5.60 Å². The van der Waals surface area contributed by atoms with Gasteiger partial charge in [-0.1, -0.05) is 0 Å². The van der Waals surface area contributed by atoms with Gasteiger partial charge in [0.2, 0.25) is 0 Å². The highest BCUT2D eigenvalue weighted by Crippen LogP contribution is 2.35. The highest BCUT2D eigenvalue weighted by molar-refractivity contribution is 5.84. The lowest BCUT2D eigenvalue weighted by molar-refractivity contribution is -0.270. The predicted octanol–water partition coefficient (Wildman–Crippen LogP) is 0.0435. The Morgan fingerprint density at radius 1 is 1.25 bits per heavy atom. The van der Waals surface area contributed by atoms with E-state index in [-0.39, 0.29) is 0 Å². The maximum Gasteiger partial charge on any atom is 0.463 e. The Hall–Kier alpha value is -0.960.